The van der Waals surface area contributed by atoms with E-state index in [1.54, 1.807) is 30.5 Å². The molecule has 0 aliphatic carbocycles. The lowest BCUT2D eigenvalue weighted by molar-refractivity contribution is -0.384. The van der Waals surface area contributed by atoms with Gasteiger partial charge >= 0.3 is 0 Å². The van der Waals surface area contributed by atoms with Crippen LogP contribution in [0.1, 0.15) is 16.1 Å². The van der Waals surface area contributed by atoms with Crippen LogP contribution in [0, 0.1) is 10.1 Å². The second-order valence-electron chi connectivity index (χ2n) is 6.67. The molecule has 0 aliphatic heterocycles. The smallest absolute Gasteiger partial charge is 0.291 e. The van der Waals surface area contributed by atoms with Gasteiger partial charge in [0.05, 0.1) is 22.4 Å². The van der Waals surface area contributed by atoms with Gasteiger partial charge in [0.25, 0.3) is 17.5 Å². The molecule has 0 aliphatic rings. The summed E-state index contributed by atoms with van der Waals surface area (Å²) in [4.78, 5) is 40.2. The van der Waals surface area contributed by atoms with E-state index in [4.69, 9.17) is 4.42 Å². The molecule has 32 heavy (non-hydrogen) atoms. The maximum atomic E-state index is 13.1. The van der Waals surface area contributed by atoms with Crippen molar-refractivity contribution in [2.24, 2.45) is 0 Å². The Morgan fingerprint density at radius 3 is 2.50 bits per heavy atom. The molecule has 2 aromatic carbocycles. The van der Waals surface area contributed by atoms with E-state index in [-0.39, 0.29) is 17.1 Å². The van der Waals surface area contributed by atoms with Crippen molar-refractivity contribution in [1.82, 2.24) is 10.3 Å². The highest BCUT2D eigenvalue weighted by Gasteiger charge is 2.18. The number of para-hydroxylation sites is 1. The average Bonchev–Trinajstić information content (AvgIpc) is 3.34. The maximum Gasteiger partial charge on any atom is 0.291 e. The zero-order chi connectivity index (χ0) is 22.5. The fourth-order valence-corrected chi connectivity index (χ4v) is 3.00. The maximum absolute atomic E-state index is 13.1. The van der Waals surface area contributed by atoms with E-state index in [1.807, 2.05) is 12.1 Å². The molecule has 0 spiro atoms. The van der Waals surface area contributed by atoms with E-state index in [1.165, 1.54) is 42.7 Å². The molecule has 2 aromatic heterocycles. The number of nitrogens with zero attached hydrogens (tertiary/aromatic N) is 2. The number of carbonyl (C=O) groups excluding carboxylic acids is 2. The highest BCUT2D eigenvalue weighted by atomic mass is 16.6. The molecule has 9 nitrogen and oxygen atoms in total. The molecular weight excluding hydrogens is 412 g/mol. The van der Waals surface area contributed by atoms with E-state index >= 15 is 0 Å². The first-order valence-corrected chi connectivity index (χ1v) is 9.47. The molecule has 9 heteroatoms. The number of anilines is 1. The van der Waals surface area contributed by atoms with Crippen LogP contribution in [0.15, 0.2) is 89.3 Å². The molecule has 0 saturated carbocycles. The minimum Gasteiger partial charge on any atom is -0.459 e. The van der Waals surface area contributed by atoms with Gasteiger partial charge in [-0.15, -0.1) is 0 Å². The van der Waals surface area contributed by atoms with Gasteiger partial charge in [-0.3, -0.25) is 24.7 Å². The van der Waals surface area contributed by atoms with Gasteiger partial charge in [-0.1, -0.05) is 18.2 Å². The van der Waals surface area contributed by atoms with Crippen LogP contribution < -0.4 is 10.6 Å². The van der Waals surface area contributed by atoms with Crippen molar-refractivity contribution in [2.75, 3.05) is 5.32 Å². The molecule has 4 rings (SSSR count). The zero-order valence-electron chi connectivity index (χ0n) is 16.5. The number of pyridine rings is 1. The largest absolute Gasteiger partial charge is 0.459 e. The van der Waals surface area contributed by atoms with Crippen LogP contribution >= 0.6 is 0 Å². The SMILES string of the molecule is O=C(Nc1cccc2cccnc12)C(=Cc1ccc([N+](=O)[O-])cc1)NC(=O)c1ccco1. The number of hydrogen-bond donors (Lipinski definition) is 2. The van der Waals surface area contributed by atoms with Gasteiger partial charge in [0.2, 0.25) is 0 Å². The number of hydrogen-bond acceptors (Lipinski definition) is 6. The molecule has 0 saturated heterocycles. The van der Waals surface area contributed by atoms with Crippen molar-refractivity contribution in [1.29, 1.82) is 0 Å². The third kappa shape index (κ3) is 4.51. The second kappa shape index (κ2) is 8.92. The van der Waals surface area contributed by atoms with Crippen molar-refractivity contribution in [3.8, 4) is 0 Å². The van der Waals surface area contributed by atoms with Crippen LogP contribution in [0.2, 0.25) is 0 Å². The normalized spacial score (nSPS) is 11.2. The predicted octanol–water partition coefficient (Wildman–Crippen LogP) is 4.15. The predicted molar refractivity (Wildman–Crippen MR) is 118 cm³/mol. The molecule has 0 fully saturated rings. The number of aromatic nitrogens is 1. The first-order valence-electron chi connectivity index (χ1n) is 9.47. The van der Waals surface area contributed by atoms with Crippen LogP contribution in [-0.4, -0.2) is 21.7 Å². The van der Waals surface area contributed by atoms with Gasteiger partial charge in [-0.2, -0.15) is 0 Å². The second-order valence-corrected chi connectivity index (χ2v) is 6.67. The van der Waals surface area contributed by atoms with Crippen molar-refractivity contribution >= 4 is 40.2 Å². The van der Waals surface area contributed by atoms with E-state index < -0.39 is 16.7 Å². The summed E-state index contributed by atoms with van der Waals surface area (Å²) in [6.45, 7) is 0. The van der Waals surface area contributed by atoms with Gasteiger partial charge in [0.1, 0.15) is 5.70 Å². The third-order valence-corrected chi connectivity index (χ3v) is 4.53. The van der Waals surface area contributed by atoms with Crippen LogP contribution in [0.4, 0.5) is 11.4 Å². The number of non-ortho nitro benzene ring substituents is 1. The molecule has 0 bridgehead atoms. The molecule has 0 atom stereocenters. The number of nitro benzene ring substituents is 1. The molecule has 2 heterocycles. The summed E-state index contributed by atoms with van der Waals surface area (Å²) in [5.74, 6) is -1.19. The van der Waals surface area contributed by atoms with Crippen molar-refractivity contribution < 1.29 is 18.9 Å². The summed E-state index contributed by atoms with van der Waals surface area (Å²) in [7, 11) is 0. The van der Waals surface area contributed by atoms with Crippen molar-refractivity contribution in [3.05, 3.63) is 106 Å². The Kier molecular flexibility index (Phi) is 5.71. The number of benzene rings is 2. The summed E-state index contributed by atoms with van der Waals surface area (Å²) in [5, 5.41) is 17.0. The summed E-state index contributed by atoms with van der Waals surface area (Å²) in [5.41, 5.74) is 1.38. The van der Waals surface area contributed by atoms with Gasteiger partial charge in [-0.05, 0) is 48.0 Å². The van der Waals surface area contributed by atoms with Crippen molar-refractivity contribution in [3.63, 3.8) is 0 Å². The lowest BCUT2D eigenvalue weighted by atomic mass is 10.1. The average molecular weight is 428 g/mol. The minimum atomic E-state index is -0.616. The lowest BCUT2D eigenvalue weighted by Crippen LogP contribution is -2.30. The van der Waals surface area contributed by atoms with Crippen LogP contribution in [-0.2, 0) is 4.79 Å². The van der Waals surface area contributed by atoms with Crippen LogP contribution in [0.3, 0.4) is 0 Å². The van der Waals surface area contributed by atoms with E-state index in [0.29, 0.717) is 16.8 Å². The molecule has 158 valence electrons. The Morgan fingerprint density at radius 2 is 1.78 bits per heavy atom. The number of amides is 2. The van der Waals surface area contributed by atoms with Crippen LogP contribution in [0.5, 0.6) is 0 Å². The Labute approximate surface area is 181 Å². The first-order chi connectivity index (χ1) is 15.5. The fourth-order valence-electron chi connectivity index (χ4n) is 3.00. The fraction of sp³-hybridized carbons (Fsp3) is 0. The van der Waals surface area contributed by atoms with Gasteiger partial charge in [0, 0.05) is 23.7 Å². The Bertz CT molecular complexity index is 1320. The van der Waals surface area contributed by atoms with Crippen LogP contribution in [0.25, 0.3) is 17.0 Å². The molecule has 2 N–H and O–H groups in total. The Hall–Kier alpha value is -4.79. The number of carbonyl (C=O) groups is 2. The molecule has 0 radical (unpaired) electrons. The third-order valence-electron chi connectivity index (χ3n) is 4.53. The number of fused-ring (bicyclic) bond motifs is 1. The lowest BCUT2D eigenvalue weighted by Gasteiger charge is -2.12. The number of nitro groups is 1. The molecular formula is C23H16N4O5. The van der Waals surface area contributed by atoms with E-state index in [2.05, 4.69) is 15.6 Å². The number of furan rings is 1. The summed E-state index contributed by atoms with van der Waals surface area (Å²) in [6, 6.07) is 17.6. The quantitative estimate of drug-likeness (QED) is 0.270. The number of nitrogens with one attached hydrogen (secondary N) is 2. The molecule has 4 aromatic rings. The van der Waals surface area contributed by atoms with E-state index in [9.17, 15) is 19.7 Å². The van der Waals surface area contributed by atoms with Crippen molar-refractivity contribution in [2.45, 2.75) is 0 Å². The van der Waals surface area contributed by atoms with Gasteiger partial charge in [0.15, 0.2) is 5.76 Å². The molecule has 0 unspecified atom stereocenters. The summed E-state index contributed by atoms with van der Waals surface area (Å²) >= 11 is 0. The summed E-state index contributed by atoms with van der Waals surface area (Å²) < 4.78 is 5.09. The van der Waals surface area contributed by atoms with E-state index in [0.717, 1.165) is 5.39 Å². The Morgan fingerprint density at radius 1 is 1.00 bits per heavy atom. The molecule has 2 amide bonds. The summed E-state index contributed by atoms with van der Waals surface area (Å²) in [6.07, 6.45) is 4.37. The zero-order valence-corrected chi connectivity index (χ0v) is 16.5. The van der Waals surface area contributed by atoms with Gasteiger partial charge < -0.3 is 15.1 Å². The highest BCUT2D eigenvalue weighted by molar-refractivity contribution is 6.12. The highest BCUT2D eigenvalue weighted by Crippen LogP contribution is 2.21. The minimum absolute atomic E-state index is 0.0271. The Balaban J connectivity index is 1.66. The van der Waals surface area contributed by atoms with Gasteiger partial charge in [-0.25, -0.2) is 0 Å². The standard InChI is InChI=1S/C23H16N4O5/c28-22(25-18-6-1-4-16-5-2-12-24-21(16)18)19(26-23(29)20-7-3-13-32-20)14-15-8-10-17(11-9-15)27(30)31/h1-14H,(H,25,28)(H,26,29). The topological polar surface area (TPSA) is 127 Å². The monoisotopic (exact) mass is 428 g/mol. The first kappa shape index (κ1) is 20.5. The number of rotatable bonds is 6.